The van der Waals surface area contributed by atoms with Gasteiger partial charge in [-0.15, -0.1) is 0 Å². The number of rotatable bonds is 5. The molecule has 2 aromatic rings. The van der Waals surface area contributed by atoms with Crippen LogP contribution in [0.5, 0.6) is 23.0 Å². The molecule has 1 aliphatic rings. The SMILES string of the molecule is CCOc1cc(C=NNC(=O)[C@@H]2COc3ccccc3O2)cc(Br)c1O. The zero-order chi connectivity index (χ0) is 18.5. The molecular formula is C18H17BrN2O5. The van der Waals surface area contributed by atoms with Gasteiger partial charge in [-0.05, 0) is 52.7 Å². The van der Waals surface area contributed by atoms with Gasteiger partial charge in [0.1, 0.15) is 6.61 Å². The fourth-order valence-corrected chi connectivity index (χ4v) is 2.78. The summed E-state index contributed by atoms with van der Waals surface area (Å²) in [4.78, 5) is 12.2. The van der Waals surface area contributed by atoms with Gasteiger partial charge < -0.3 is 19.3 Å². The lowest BCUT2D eigenvalue weighted by Gasteiger charge is -2.24. The second-order valence-electron chi connectivity index (χ2n) is 5.38. The molecule has 1 heterocycles. The van der Waals surface area contributed by atoms with Crippen LogP contribution in [0.25, 0.3) is 0 Å². The summed E-state index contributed by atoms with van der Waals surface area (Å²) in [5, 5.41) is 13.8. The number of fused-ring (bicyclic) bond motifs is 1. The van der Waals surface area contributed by atoms with Crippen molar-refractivity contribution in [3.63, 3.8) is 0 Å². The monoisotopic (exact) mass is 420 g/mol. The lowest BCUT2D eigenvalue weighted by molar-refractivity contribution is -0.130. The number of phenols is 1. The number of aromatic hydroxyl groups is 1. The predicted octanol–water partition coefficient (Wildman–Crippen LogP) is 2.84. The predicted molar refractivity (Wildman–Crippen MR) is 99.1 cm³/mol. The summed E-state index contributed by atoms with van der Waals surface area (Å²) < 4.78 is 16.9. The molecule has 2 N–H and O–H groups in total. The van der Waals surface area contributed by atoms with E-state index in [0.29, 0.717) is 33.9 Å². The molecule has 26 heavy (non-hydrogen) atoms. The van der Waals surface area contributed by atoms with Crippen LogP contribution in [-0.4, -0.2) is 36.5 Å². The summed E-state index contributed by atoms with van der Waals surface area (Å²) in [7, 11) is 0. The maximum atomic E-state index is 12.2. The summed E-state index contributed by atoms with van der Waals surface area (Å²) in [6.45, 7) is 2.34. The molecule has 1 amide bonds. The van der Waals surface area contributed by atoms with Gasteiger partial charge in [-0.25, -0.2) is 5.43 Å². The van der Waals surface area contributed by atoms with Crippen molar-refractivity contribution in [2.24, 2.45) is 5.10 Å². The van der Waals surface area contributed by atoms with E-state index in [9.17, 15) is 9.90 Å². The van der Waals surface area contributed by atoms with Gasteiger partial charge in [-0.1, -0.05) is 12.1 Å². The minimum atomic E-state index is -0.785. The van der Waals surface area contributed by atoms with Crippen molar-refractivity contribution in [1.29, 1.82) is 0 Å². The van der Waals surface area contributed by atoms with Gasteiger partial charge in [0.2, 0.25) is 6.10 Å². The van der Waals surface area contributed by atoms with E-state index in [4.69, 9.17) is 14.2 Å². The number of carbonyl (C=O) groups is 1. The van der Waals surface area contributed by atoms with Gasteiger partial charge in [0, 0.05) is 0 Å². The maximum Gasteiger partial charge on any atom is 0.284 e. The van der Waals surface area contributed by atoms with E-state index < -0.39 is 12.0 Å². The summed E-state index contributed by atoms with van der Waals surface area (Å²) in [5.74, 6) is 1.05. The quantitative estimate of drug-likeness (QED) is 0.573. The number of ether oxygens (including phenoxy) is 3. The lowest BCUT2D eigenvalue weighted by atomic mass is 10.2. The molecule has 0 spiro atoms. The zero-order valence-corrected chi connectivity index (χ0v) is 15.5. The van der Waals surface area contributed by atoms with Crippen LogP contribution in [0.1, 0.15) is 12.5 Å². The average molecular weight is 421 g/mol. The van der Waals surface area contributed by atoms with Crippen molar-refractivity contribution in [2.45, 2.75) is 13.0 Å². The number of para-hydroxylation sites is 2. The molecule has 136 valence electrons. The summed E-state index contributed by atoms with van der Waals surface area (Å²) in [6, 6.07) is 10.4. The molecule has 1 atom stereocenters. The normalized spacial score (nSPS) is 15.7. The molecule has 0 saturated heterocycles. The van der Waals surface area contributed by atoms with Crippen LogP contribution < -0.4 is 19.6 Å². The Bertz CT molecular complexity index is 840. The third-order valence-corrected chi connectivity index (χ3v) is 4.14. The van der Waals surface area contributed by atoms with E-state index in [1.807, 2.05) is 13.0 Å². The Labute approximate surface area is 158 Å². The van der Waals surface area contributed by atoms with E-state index in [0.717, 1.165) is 0 Å². The van der Waals surface area contributed by atoms with E-state index in [1.165, 1.54) is 6.21 Å². The average Bonchev–Trinajstić information content (AvgIpc) is 2.65. The lowest BCUT2D eigenvalue weighted by Crippen LogP contribution is -2.42. The second kappa shape index (κ2) is 8.09. The van der Waals surface area contributed by atoms with E-state index in [1.54, 1.807) is 30.3 Å². The number of nitrogens with one attached hydrogen (secondary N) is 1. The molecule has 0 radical (unpaired) electrons. The molecule has 3 rings (SSSR count). The number of hydrazone groups is 1. The number of hydrogen-bond acceptors (Lipinski definition) is 6. The van der Waals surface area contributed by atoms with Crippen LogP contribution in [0.3, 0.4) is 0 Å². The summed E-state index contributed by atoms with van der Waals surface area (Å²) in [6.07, 6.45) is 0.662. The number of halogens is 1. The molecule has 1 aliphatic heterocycles. The van der Waals surface area contributed by atoms with Crippen molar-refractivity contribution in [3.8, 4) is 23.0 Å². The smallest absolute Gasteiger partial charge is 0.284 e. The molecule has 0 fully saturated rings. The number of carbonyl (C=O) groups excluding carboxylic acids is 1. The van der Waals surface area contributed by atoms with Gasteiger partial charge in [0.15, 0.2) is 23.0 Å². The first kappa shape index (κ1) is 18.1. The Hall–Kier alpha value is -2.74. The molecule has 0 bridgehead atoms. The van der Waals surface area contributed by atoms with Crippen molar-refractivity contribution >= 4 is 28.1 Å². The third kappa shape index (κ3) is 4.08. The molecule has 0 aromatic heterocycles. The van der Waals surface area contributed by atoms with Gasteiger partial charge in [0.05, 0.1) is 17.3 Å². The van der Waals surface area contributed by atoms with Crippen molar-refractivity contribution in [3.05, 3.63) is 46.4 Å². The topological polar surface area (TPSA) is 89.4 Å². The van der Waals surface area contributed by atoms with Gasteiger partial charge in [-0.3, -0.25) is 4.79 Å². The molecule has 2 aromatic carbocycles. The largest absolute Gasteiger partial charge is 0.503 e. The Morgan fingerprint density at radius 2 is 2.19 bits per heavy atom. The van der Waals surface area contributed by atoms with Crippen LogP contribution in [0.4, 0.5) is 0 Å². The fourth-order valence-electron chi connectivity index (χ4n) is 2.33. The Morgan fingerprint density at radius 1 is 1.42 bits per heavy atom. The van der Waals surface area contributed by atoms with E-state index >= 15 is 0 Å². The Kier molecular flexibility index (Phi) is 5.62. The van der Waals surface area contributed by atoms with Crippen molar-refractivity contribution in [1.82, 2.24) is 5.43 Å². The standard InChI is InChI=1S/C18H17BrN2O5/c1-2-24-15-8-11(7-12(19)17(15)22)9-20-21-18(23)16-10-25-13-5-3-4-6-14(13)26-16/h3-9,16,22H,2,10H2,1H3,(H,21,23)/t16-/m0/s1. The van der Waals surface area contributed by atoms with Gasteiger partial charge in [0.25, 0.3) is 5.91 Å². The second-order valence-corrected chi connectivity index (χ2v) is 6.24. The van der Waals surface area contributed by atoms with Crippen LogP contribution in [0, 0.1) is 0 Å². The van der Waals surface area contributed by atoms with E-state index in [-0.39, 0.29) is 12.4 Å². The number of phenolic OH excluding ortho intramolecular Hbond substituents is 1. The van der Waals surface area contributed by atoms with Crippen LogP contribution in [-0.2, 0) is 4.79 Å². The number of amides is 1. The van der Waals surface area contributed by atoms with Crippen LogP contribution in [0.15, 0.2) is 46.0 Å². The number of nitrogens with zero attached hydrogens (tertiary/aromatic N) is 1. The maximum absolute atomic E-state index is 12.2. The fraction of sp³-hybridized carbons (Fsp3) is 0.222. The first-order valence-corrected chi connectivity index (χ1v) is 8.74. The first-order chi connectivity index (χ1) is 12.6. The summed E-state index contributed by atoms with van der Waals surface area (Å²) in [5.41, 5.74) is 3.07. The minimum Gasteiger partial charge on any atom is -0.503 e. The molecular weight excluding hydrogens is 404 g/mol. The third-order valence-electron chi connectivity index (χ3n) is 3.54. The Morgan fingerprint density at radius 3 is 2.96 bits per heavy atom. The highest BCUT2D eigenvalue weighted by atomic mass is 79.9. The van der Waals surface area contributed by atoms with Gasteiger partial charge >= 0.3 is 0 Å². The molecule has 8 heteroatoms. The molecule has 0 aliphatic carbocycles. The molecule has 7 nitrogen and oxygen atoms in total. The van der Waals surface area contributed by atoms with Crippen molar-refractivity contribution in [2.75, 3.05) is 13.2 Å². The first-order valence-electron chi connectivity index (χ1n) is 7.95. The highest BCUT2D eigenvalue weighted by Crippen LogP contribution is 2.35. The molecule has 0 saturated carbocycles. The van der Waals surface area contributed by atoms with Gasteiger partial charge in [-0.2, -0.15) is 5.10 Å². The zero-order valence-electron chi connectivity index (χ0n) is 13.9. The van der Waals surface area contributed by atoms with E-state index in [2.05, 4.69) is 26.5 Å². The van der Waals surface area contributed by atoms with Crippen LogP contribution in [0.2, 0.25) is 0 Å². The number of benzene rings is 2. The highest BCUT2D eigenvalue weighted by Gasteiger charge is 2.26. The molecule has 0 unspecified atom stereocenters. The van der Waals surface area contributed by atoms with Crippen LogP contribution >= 0.6 is 15.9 Å². The van der Waals surface area contributed by atoms with Crippen molar-refractivity contribution < 1.29 is 24.1 Å². The highest BCUT2D eigenvalue weighted by molar-refractivity contribution is 9.10. The Balaban J connectivity index is 1.63. The number of hydrogen-bond donors (Lipinski definition) is 2. The minimum absolute atomic E-state index is 0.0134. The summed E-state index contributed by atoms with van der Waals surface area (Å²) >= 11 is 3.25.